The van der Waals surface area contributed by atoms with Gasteiger partial charge in [-0.1, -0.05) is 13.8 Å². The molecule has 2 amide bonds. The first-order chi connectivity index (χ1) is 7.92. The molecule has 1 aliphatic carbocycles. The van der Waals surface area contributed by atoms with E-state index >= 15 is 0 Å². The van der Waals surface area contributed by atoms with Crippen LogP contribution in [0, 0.1) is 5.41 Å². The molecule has 98 valence electrons. The smallest absolute Gasteiger partial charge is 0.320 e. The van der Waals surface area contributed by atoms with Crippen molar-refractivity contribution in [3.8, 4) is 0 Å². The van der Waals surface area contributed by atoms with E-state index in [9.17, 15) is 9.90 Å². The van der Waals surface area contributed by atoms with Gasteiger partial charge in [-0.15, -0.1) is 0 Å². The Kier molecular flexibility index (Phi) is 3.34. The van der Waals surface area contributed by atoms with Crippen molar-refractivity contribution in [1.82, 2.24) is 9.80 Å². The number of carbonyl (C=O) groups excluding carboxylic acids is 1. The van der Waals surface area contributed by atoms with Gasteiger partial charge in [0.2, 0.25) is 0 Å². The number of amides is 2. The molecule has 0 aromatic heterocycles. The van der Waals surface area contributed by atoms with Crippen LogP contribution in [0.25, 0.3) is 0 Å². The van der Waals surface area contributed by atoms with Crippen molar-refractivity contribution in [2.24, 2.45) is 5.41 Å². The lowest BCUT2D eigenvalue weighted by atomic mass is 9.71. The van der Waals surface area contributed by atoms with Gasteiger partial charge >= 0.3 is 6.03 Å². The average Bonchev–Trinajstić information content (AvgIpc) is 2.26. The molecule has 0 spiro atoms. The molecule has 0 radical (unpaired) electrons. The summed E-state index contributed by atoms with van der Waals surface area (Å²) in [6, 6.07) is 0.310. The third kappa shape index (κ3) is 2.41. The maximum atomic E-state index is 12.2. The van der Waals surface area contributed by atoms with Crippen LogP contribution >= 0.6 is 0 Å². The highest BCUT2D eigenvalue weighted by atomic mass is 16.3. The first kappa shape index (κ1) is 12.7. The van der Waals surface area contributed by atoms with E-state index in [0.717, 1.165) is 38.8 Å². The SMILES string of the molecule is CN1CCCN(C2CC(O)CCC2(C)C)C1=O. The monoisotopic (exact) mass is 240 g/mol. The van der Waals surface area contributed by atoms with Crippen LogP contribution in [0.15, 0.2) is 0 Å². The maximum Gasteiger partial charge on any atom is 0.320 e. The lowest BCUT2D eigenvalue weighted by molar-refractivity contribution is -0.00767. The normalized spacial score (nSPS) is 34.0. The summed E-state index contributed by atoms with van der Waals surface area (Å²) in [7, 11) is 1.86. The van der Waals surface area contributed by atoms with Crippen LogP contribution in [0.3, 0.4) is 0 Å². The summed E-state index contributed by atoms with van der Waals surface area (Å²) in [5, 5.41) is 9.84. The van der Waals surface area contributed by atoms with E-state index in [2.05, 4.69) is 13.8 Å². The zero-order chi connectivity index (χ0) is 12.6. The van der Waals surface area contributed by atoms with Crippen molar-refractivity contribution in [2.45, 2.75) is 51.7 Å². The summed E-state index contributed by atoms with van der Waals surface area (Å²) >= 11 is 0. The number of hydrogen-bond acceptors (Lipinski definition) is 2. The molecule has 0 aromatic carbocycles. The maximum absolute atomic E-state index is 12.2. The predicted octanol–water partition coefficient (Wildman–Crippen LogP) is 1.68. The molecule has 1 heterocycles. The summed E-state index contributed by atoms with van der Waals surface area (Å²) in [5.41, 5.74) is 0.118. The van der Waals surface area contributed by atoms with Gasteiger partial charge in [-0.2, -0.15) is 0 Å². The fraction of sp³-hybridized carbons (Fsp3) is 0.923. The molecule has 4 nitrogen and oxygen atoms in total. The topological polar surface area (TPSA) is 43.8 Å². The number of nitrogens with zero attached hydrogens (tertiary/aromatic N) is 2. The molecular formula is C13H24N2O2. The largest absolute Gasteiger partial charge is 0.393 e. The summed E-state index contributed by atoms with van der Waals surface area (Å²) < 4.78 is 0. The predicted molar refractivity (Wildman–Crippen MR) is 66.8 cm³/mol. The Balaban J connectivity index is 2.15. The lowest BCUT2D eigenvalue weighted by Crippen LogP contribution is -2.58. The molecule has 1 saturated heterocycles. The Morgan fingerprint density at radius 1 is 1.35 bits per heavy atom. The van der Waals surface area contributed by atoms with Crippen molar-refractivity contribution >= 4 is 6.03 Å². The van der Waals surface area contributed by atoms with Crippen molar-refractivity contribution in [2.75, 3.05) is 20.1 Å². The van der Waals surface area contributed by atoms with E-state index in [0.29, 0.717) is 0 Å². The van der Waals surface area contributed by atoms with E-state index < -0.39 is 0 Å². The van der Waals surface area contributed by atoms with Crippen molar-refractivity contribution in [3.05, 3.63) is 0 Å². The summed E-state index contributed by atoms with van der Waals surface area (Å²) in [4.78, 5) is 16.0. The van der Waals surface area contributed by atoms with E-state index in [1.54, 1.807) is 4.90 Å². The fourth-order valence-electron chi connectivity index (χ4n) is 3.13. The molecule has 2 atom stereocenters. The minimum Gasteiger partial charge on any atom is -0.393 e. The standard InChI is InChI=1S/C13H24N2O2/c1-13(2)6-5-10(16)9-11(13)15-8-4-7-14(3)12(15)17/h10-11,16H,4-9H2,1-3H3. The molecule has 1 saturated carbocycles. The average molecular weight is 240 g/mol. The van der Waals surface area contributed by atoms with E-state index in [1.165, 1.54) is 0 Å². The Hall–Kier alpha value is -0.770. The van der Waals surface area contributed by atoms with Crippen LogP contribution in [-0.4, -0.2) is 53.2 Å². The lowest BCUT2D eigenvalue weighted by Gasteiger charge is -2.49. The highest BCUT2D eigenvalue weighted by Gasteiger charge is 2.42. The molecular weight excluding hydrogens is 216 g/mol. The zero-order valence-electron chi connectivity index (χ0n) is 11.1. The van der Waals surface area contributed by atoms with Crippen LogP contribution in [-0.2, 0) is 0 Å². The van der Waals surface area contributed by atoms with Gasteiger partial charge in [-0.3, -0.25) is 0 Å². The van der Waals surface area contributed by atoms with Crippen LogP contribution in [0.1, 0.15) is 39.5 Å². The minimum atomic E-state index is -0.243. The number of urea groups is 1. The van der Waals surface area contributed by atoms with Gasteiger partial charge in [0.25, 0.3) is 0 Å². The van der Waals surface area contributed by atoms with Crippen molar-refractivity contribution < 1.29 is 9.90 Å². The van der Waals surface area contributed by atoms with E-state index in [1.807, 2.05) is 11.9 Å². The second-order valence-corrected chi connectivity index (χ2v) is 6.18. The summed E-state index contributed by atoms with van der Waals surface area (Å²) in [6.45, 7) is 6.12. The van der Waals surface area contributed by atoms with Gasteiger partial charge in [-0.05, 0) is 31.1 Å². The summed E-state index contributed by atoms with van der Waals surface area (Å²) in [5.74, 6) is 0. The third-order valence-corrected chi connectivity index (χ3v) is 4.36. The Bertz CT molecular complexity index is 304. The molecule has 2 rings (SSSR count). The fourth-order valence-corrected chi connectivity index (χ4v) is 3.13. The Morgan fingerprint density at radius 2 is 2.06 bits per heavy atom. The molecule has 0 bridgehead atoms. The first-order valence-electron chi connectivity index (χ1n) is 6.61. The number of aliphatic hydroxyl groups excluding tert-OH is 1. The first-order valence-corrected chi connectivity index (χ1v) is 6.61. The number of rotatable bonds is 1. The minimum absolute atomic E-state index is 0.118. The van der Waals surface area contributed by atoms with Crippen LogP contribution in [0.5, 0.6) is 0 Å². The van der Waals surface area contributed by atoms with Crippen LogP contribution in [0.4, 0.5) is 4.79 Å². The molecule has 2 unspecified atom stereocenters. The highest BCUT2D eigenvalue weighted by Crippen LogP contribution is 2.39. The molecule has 17 heavy (non-hydrogen) atoms. The highest BCUT2D eigenvalue weighted by molar-refractivity contribution is 5.75. The number of aliphatic hydroxyl groups is 1. The molecule has 2 fully saturated rings. The Labute approximate surface area is 104 Å². The van der Waals surface area contributed by atoms with Crippen molar-refractivity contribution in [3.63, 3.8) is 0 Å². The number of carbonyl (C=O) groups is 1. The number of hydrogen-bond donors (Lipinski definition) is 1. The van der Waals surface area contributed by atoms with Gasteiger partial charge < -0.3 is 14.9 Å². The second kappa shape index (κ2) is 4.48. The van der Waals surface area contributed by atoms with Crippen LogP contribution in [0.2, 0.25) is 0 Å². The second-order valence-electron chi connectivity index (χ2n) is 6.18. The molecule has 2 aliphatic rings. The van der Waals surface area contributed by atoms with Gasteiger partial charge in [0, 0.05) is 26.2 Å². The van der Waals surface area contributed by atoms with E-state index in [4.69, 9.17) is 0 Å². The quantitative estimate of drug-likeness (QED) is 0.758. The molecule has 4 heteroatoms. The zero-order valence-corrected chi connectivity index (χ0v) is 11.1. The van der Waals surface area contributed by atoms with Crippen molar-refractivity contribution in [1.29, 1.82) is 0 Å². The van der Waals surface area contributed by atoms with Crippen LogP contribution < -0.4 is 0 Å². The van der Waals surface area contributed by atoms with Gasteiger partial charge in [-0.25, -0.2) is 4.79 Å². The Morgan fingerprint density at radius 3 is 2.76 bits per heavy atom. The van der Waals surface area contributed by atoms with Gasteiger partial charge in [0.05, 0.1) is 6.10 Å². The van der Waals surface area contributed by atoms with E-state index in [-0.39, 0.29) is 23.6 Å². The molecule has 1 aliphatic heterocycles. The van der Waals surface area contributed by atoms with Gasteiger partial charge in [0.15, 0.2) is 0 Å². The van der Waals surface area contributed by atoms with Gasteiger partial charge in [0.1, 0.15) is 0 Å². The molecule has 1 N–H and O–H groups in total. The molecule has 0 aromatic rings. The summed E-state index contributed by atoms with van der Waals surface area (Å²) in [6.07, 6.45) is 3.37. The third-order valence-electron chi connectivity index (χ3n) is 4.36.